The van der Waals surface area contributed by atoms with Gasteiger partial charge in [-0.1, -0.05) is 0 Å². The minimum absolute atomic E-state index is 0.389. The molecule has 4 heteroatoms. The average molecular weight is 195 g/mol. The summed E-state index contributed by atoms with van der Waals surface area (Å²) in [4.78, 5) is 10.6. The Kier molecular flexibility index (Phi) is 3.34. The molecule has 4 nitrogen and oxygen atoms in total. The highest BCUT2D eigenvalue weighted by Crippen LogP contribution is 2.31. The van der Waals surface area contributed by atoms with Crippen LogP contribution in [0.1, 0.15) is 17.3 Å². The Hall–Kier alpha value is -1.71. The van der Waals surface area contributed by atoms with Crippen LogP contribution in [0.2, 0.25) is 0 Å². The van der Waals surface area contributed by atoms with Crippen LogP contribution in [-0.2, 0) is 0 Å². The highest BCUT2D eigenvalue weighted by molar-refractivity contribution is 5.85. The van der Waals surface area contributed by atoms with E-state index in [-0.39, 0.29) is 0 Å². The Morgan fingerprint density at radius 2 is 2.14 bits per heavy atom. The molecule has 0 bridgehead atoms. The number of hydrogen-bond acceptors (Lipinski definition) is 4. The van der Waals surface area contributed by atoms with E-state index in [9.17, 15) is 4.79 Å². The lowest BCUT2D eigenvalue weighted by Gasteiger charge is -2.10. The summed E-state index contributed by atoms with van der Waals surface area (Å²) >= 11 is 0. The smallest absolute Gasteiger partial charge is 0.162 e. The van der Waals surface area contributed by atoms with E-state index in [4.69, 9.17) is 15.2 Å². The maximum Gasteiger partial charge on any atom is 0.162 e. The molecule has 0 saturated carbocycles. The third-order valence-corrected chi connectivity index (χ3v) is 1.80. The van der Waals surface area contributed by atoms with E-state index >= 15 is 0 Å². The van der Waals surface area contributed by atoms with Crippen LogP contribution in [0.5, 0.6) is 11.5 Å². The molecule has 76 valence electrons. The van der Waals surface area contributed by atoms with Crippen molar-refractivity contribution in [2.75, 3.05) is 19.5 Å². The summed E-state index contributed by atoms with van der Waals surface area (Å²) < 4.78 is 10.3. The van der Waals surface area contributed by atoms with Gasteiger partial charge in [-0.2, -0.15) is 0 Å². The molecule has 0 unspecified atom stereocenters. The van der Waals surface area contributed by atoms with E-state index in [2.05, 4.69) is 0 Å². The summed E-state index contributed by atoms with van der Waals surface area (Å²) in [6.45, 7) is 2.37. The molecule has 2 N–H and O–H groups in total. The number of ether oxygens (including phenoxy) is 2. The number of carbonyl (C=O) groups is 1. The number of rotatable bonds is 4. The summed E-state index contributed by atoms with van der Waals surface area (Å²) in [7, 11) is 1.53. The van der Waals surface area contributed by atoms with Gasteiger partial charge in [0.15, 0.2) is 17.8 Å². The van der Waals surface area contributed by atoms with Crippen molar-refractivity contribution < 1.29 is 14.3 Å². The van der Waals surface area contributed by atoms with Crippen molar-refractivity contribution in [1.82, 2.24) is 0 Å². The monoisotopic (exact) mass is 195 g/mol. The number of anilines is 1. The summed E-state index contributed by atoms with van der Waals surface area (Å²) in [5.41, 5.74) is 6.41. The van der Waals surface area contributed by atoms with Gasteiger partial charge in [0.05, 0.1) is 13.7 Å². The van der Waals surface area contributed by atoms with Gasteiger partial charge in [0, 0.05) is 17.3 Å². The number of hydrogen-bond donors (Lipinski definition) is 1. The zero-order chi connectivity index (χ0) is 10.6. The Bertz CT molecular complexity index is 336. The lowest BCUT2D eigenvalue weighted by atomic mass is 10.2. The van der Waals surface area contributed by atoms with Gasteiger partial charge in [-0.15, -0.1) is 0 Å². The molecule has 1 aromatic rings. The van der Waals surface area contributed by atoms with Crippen molar-refractivity contribution in [2.45, 2.75) is 6.92 Å². The van der Waals surface area contributed by atoms with E-state index in [0.29, 0.717) is 35.6 Å². The maximum atomic E-state index is 10.6. The minimum Gasteiger partial charge on any atom is -0.493 e. The molecule has 14 heavy (non-hydrogen) atoms. The molecule has 0 atom stereocenters. The van der Waals surface area contributed by atoms with Crippen LogP contribution < -0.4 is 15.2 Å². The molecule has 0 saturated heterocycles. The first kappa shape index (κ1) is 10.4. The molecule has 1 rings (SSSR count). The molecule has 0 aromatic heterocycles. The molecule has 0 radical (unpaired) electrons. The van der Waals surface area contributed by atoms with Crippen molar-refractivity contribution in [3.8, 4) is 11.5 Å². The number of aldehydes is 1. The maximum absolute atomic E-state index is 10.6. The lowest BCUT2D eigenvalue weighted by molar-refractivity contribution is 0.112. The molecule has 0 aliphatic carbocycles. The van der Waals surface area contributed by atoms with Crippen LogP contribution in [0.15, 0.2) is 12.1 Å². The molecule has 0 aliphatic heterocycles. The van der Waals surface area contributed by atoms with E-state index < -0.39 is 0 Å². The fourth-order valence-electron chi connectivity index (χ4n) is 1.12. The van der Waals surface area contributed by atoms with Crippen molar-refractivity contribution >= 4 is 12.0 Å². The Balaban J connectivity index is 3.17. The minimum atomic E-state index is 0.389. The van der Waals surface area contributed by atoms with Crippen molar-refractivity contribution in [3.05, 3.63) is 17.7 Å². The summed E-state index contributed by atoms with van der Waals surface area (Å²) in [6, 6.07) is 3.15. The zero-order valence-corrected chi connectivity index (χ0v) is 8.24. The number of methoxy groups -OCH3 is 1. The van der Waals surface area contributed by atoms with Gasteiger partial charge < -0.3 is 15.2 Å². The highest BCUT2D eigenvalue weighted by atomic mass is 16.5. The van der Waals surface area contributed by atoms with Crippen molar-refractivity contribution in [3.63, 3.8) is 0 Å². The SMILES string of the molecule is CCOc1cc(C=O)c(N)cc1OC. The fourth-order valence-corrected chi connectivity index (χ4v) is 1.12. The summed E-state index contributed by atoms with van der Waals surface area (Å²) in [5.74, 6) is 1.07. The van der Waals surface area contributed by atoms with Gasteiger partial charge in [-0.25, -0.2) is 0 Å². The van der Waals surface area contributed by atoms with E-state index in [1.165, 1.54) is 7.11 Å². The highest BCUT2D eigenvalue weighted by Gasteiger charge is 2.08. The first-order valence-corrected chi connectivity index (χ1v) is 4.28. The molecule has 0 fully saturated rings. The van der Waals surface area contributed by atoms with E-state index in [0.717, 1.165) is 0 Å². The van der Waals surface area contributed by atoms with Crippen molar-refractivity contribution in [2.24, 2.45) is 0 Å². The standard InChI is InChI=1S/C10H13NO3/c1-3-14-10-4-7(6-12)8(11)5-9(10)13-2/h4-6H,3,11H2,1-2H3. The third-order valence-electron chi connectivity index (χ3n) is 1.80. The van der Waals surface area contributed by atoms with Crippen molar-refractivity contribution in [1.29, 1.82) is 0 Å². The molecular formula is C10H13NO3. The number of nitrogen functional groups attached to an aromatic ring is 1. The first-order chi connectivity index (χ1) is 6.72. The van der Waals surface area contributed by atoms with E-state index in [1.54, 1.807) is 12.1 Å². The third kappa shape index (κ3) is 1.96. The van der Waals surface area contributed by atoms with Gasteiger partial charge in [0.2, 0.25) is 0 Å². The van der Waals surface area contributed by atoms with Gasteiger partial charge in [-0.05, 0) is 13.0 Å². The number of benzene rings is 1. The number of nitrogens with two attached hydrogens (primary N) is 1. The first-order valence-electron chi connectivity index (χ1n) is 4.28. The second-order valence-electron chi connectivity index (χ2n) is 2.68. The van der Waals surface area contributed by atoms with Crippen LogP contribution in [0, 0.1) is 0 Å². The molecule has 0 amide bonds. The summed E-state index contributed by atoms with van der Waals surface area (Å²) in [6.07, 6.45) is 0.692. The second kappa shape index (κ2) is 4.50. The summed E-state index contributed by atoms with van der Waals surface area (Å²) in [5, 5.41) is 0. The largest absolute Gasteiger partial charge is 0.493 e. The normalized spacial score (nSPS) is 9.57. The Labute approximate surface area is 82.6 Å². The van der Waals surface area contributed by atoms with Gasteiger partial charge >= 0.3 is 0 Å². The average Bonchev–Trinajstić information content (AvgIpc) is 2.20. The van der Waals surface area contributed by atoms with Crippen LogP contribution in [0.4, 0.5) is 5.69 Å². The van der Waals surface area contributed by atoms with Crippen LogP contribution >= 0.6 is 0 Å². The zero-order valence-electron chi connectivity index (χ0n) is 8.24. The molecule has 0 heterocycles. The molecule has 0 spiro atoms. The quantitative estimate of drug-likeness (QED) is 0.584. The van der Waals surface area contributed by atoms with E-state index in [1.807, 2.05) is 6.92 Å². The lowest BCUT2D eigenvalue weighted by Crippen LogP contribution is -1.99. The van der Waals surface area contributed by atoms with Crippen LogP contribution in [-0.4, -0.2) is 20.0 Å². The Morgan fingerprint density at radius 3 is 2.64 bits per heavy atom. The van der Waals surface area contributed by atoms with Gasteiger partial charge in [-0.3, -0.25) is 4.79 Å². The second-order valence-corrected chi connectivity index (χ2v) is 2.68. The molecule has 1 aromatic carbocycles. The van der Waals surface area contributed by atoms with Crippen LogP contribution in [0.3, 0.4) is 0 Å². The molecule has 0 aliphatic rings. The van der Waals surface area contributed by atoms with Gasteiger partial charge in [0.1, 0.15) is 0 Å². The Morgan fingerprint density at radius 1 is 1.43 bits per heavy atom. The predicted molar refractivity (Wildman–Crippen MR) is 54.0 cm³/mol. The topological polar surface area (TPSA) is 61.5 Å². The number of carbonyl (C=O) groups excluding carboxylic acids is 1. The van der Waals surface area contributed by atoms with Gasteiger partial charge in [0.25, 0.3) is 0 Å². The molecular weight excluding hydrogens is 182 g/mol. The fraction of sp³-hybridized carbons (Fsp3) is 0.300. The van der Waals surface area contributed by atoms with Crippen LogP contribution in [0.25, 0.3) is 0 Å². The predicted octanol–water partition coefficient (Wildman–Crippen LogP) is 1.49.